The number of carbonyl (C=O) groups is 1. The van der Waals surface area contributed by atoms with Crippen LogP contribution in [0.5, 0.6) is 0 Å². The van der Waals surface area contributed by atoms with Gasteiger partial charge in [0.2, 0.25) is 0 Å². The number of aliphatic carboxylic acids is 1. The first-order valence-electron chi connectivity index (χ1n) is 7.69. The Hall–Kier alpha value is -2.15. The minimum absolute atomic E-state index is 0.278. The third kappa shape index (κ3) is 1.96. The molecule has 2 aromatic rings. The molecule has 1 saturated heterocycles. The second-order valence-electron chi connectivity index (χ2n) is 6.11. The molecule has 0 radical (unpaired) electrons. The van der Waals surface area contributed by atoms with Crippen molar-refractivity contribution in [1.29, 1.82) is 0 Å². The van der Waals surface area contributed by atoms with Gasteiger partial charge in [-0.15, -0.1) is 0 Å². The molecule has 7 heteroatoms. The number of carboxylic acids is 1. The summed E-state index contributed by atoms with van der Waals surface area (Å²) >= 11 is 0. The molecular weight excluding hydrogens is 282 g/mol. The van der Waals surface area contributed by atoms with Crippen molar-refractivity contribution in [1.82, 2.24) is 19.9 Å². The normalized spacial score (nSPS) is 18.9. The van der Waals surface area contributed by atoms with Gasteiger partial charge in [-0.2, -0.15) is 9.61 Å². The Morgan fingerprint density at radius 2 is 2.14 bits per heavy atom. The number of fused-ring (bicyclic) bond motifs is 2. The molecule has 2 aliphatic heterocycles. The van der Waals surface area contributed by atoms with Gasteiger partial charge < -0.3 is 15.3 Å². The number of carboxylic acid groups (broad SMARTS) is 1. The average Bonchev–Trinajstić information content (AvgIpc) is 2.67. The fourth-order valence-corrected chi connectivity index (χ4v) is 3.31. The van der Waals surface area contributed by atoms with E-state index in [1.54, 1.807) is 0 Å². The van der Waals surface area contributed by atoms with Crippen LogP contribution >= 0.6 is 0 Å². The van der Waals surface area contributed by atoms with E-state index in [0.29, 0.717) is 13.1 Å². The van der Waals surface area contributed by atoms with Crippen molar-refractivity contribution >= 4 is 17.4 Å². The SMILES string of the molecule is Cc1cnn2c(N3CC(C(=O)O)C3)c3c(nc12)CCNCC3. The second-order valence-corrected chi connectivity index (χ2v) is 6.11. The molecule has 4 heterocycles. The largest absolute Gasteiger partial charge is 0.481 e. The van der Waals surface area contributed by atoms with Crippen molar-refractivity contribution in [2.24, 2.45) is 5.92 Å². The maximum absolute atomic E-state index is 11.1. The van der Waals surface area contributed by atoms with E-state index < -0.39 is 5.97 Å². The first kappa shape index (κ1) is 13.5. The average molecular weight is 301 g/mol. The van der Waals surface area contributed by atoms with Crippen LogP contribution in [0.3, 0.4) is 0 Å². The van der Waals surface area contributed by atoms with Gasteiger partial charge >= 0.3 is 5.97 Å². The lowest BCUT2D eigenvalue weighted by atomic mass is 9.98. The van der Waals surface area contributed by atoms with Gasteiger partial charge in [-0.1, -0.05) is 0 Å². The summed E-state index contributed by atoms with van der Waals surface area (Å²) in [4.78, 5) is 18.0. The Kier molecular flexibility index (Phi) is 3.04. The summed E-state index contributed by atoms with van der Waals surface area (Å²) in [5.41, 5.74) is 4.27. The number of nitrogens with zero attached hydrogens (tertiary/aromatic N) is 4. The van der Waals surface area contributed by atoms with E-state index in [-0.39, 0.29) is 5.92 Å². The molecule has 22 heavy (non-hydrogen) atoms. The minimum Gasteiger partial charge on any atom is -0.481 e. The zero-order valence-corrected chi connectivity index (χ0v) is 12.5. The summed E-state index contributed by atoms with van der Waals surface area (Å²) in [6.45, 7) is 4.96. The topological polar surface area (TPSA) is 82.8 Å². The van der Waals surface area contributed by atoms with Crippen LogP contribution in [0.2, 0.25) is 0 Å². The summed E-state index contributed by atoms with van der Waals surface area (Å²) in [6, 6.07) is 0. The third-order valence-electron chi connectivity index (χ3n) is 4.60. The summed E-state index contributed by atoms with van der Waals surface area (Å²) in [5.74, 6) is 0.0414. The molecule has 7 nitrogen and oxygen atoms in total. The van der Waals surface area contributed by atoms with Crippen LogP contribution in [0.1, 0.15) is 16.8 Å². The molecule has 2 N–H and O–H groups in total. The maximum atomic E-state index is 11.1. The molecule has 0 atom stereocenters. The van der Waals surface area contributed by atoms with Crippen molar-refractivity contribution in [2.45, 2.75) is 19.8 Å². The number of hydrogen-bond donors (Lipinski definition) is 2. The van der Waals surface area contributed by atoms with Crippen molar-refractivity contribution in [2.75, 3.05) is 31.1 Å². The van der Waals surface area contributed by atoms with Gasteiger partial charge in [-0.05, 0) is 19.9 Å². The highest BCUT2D eigenvalue weighted by Crippen LogP contribution is 2.32. The Labute approximate surface area is 127 Å². The summed E-state index contributed by atoms with van der Waals surface area (Å²) in [7, 11) is 0. The summed E-state index contributed by atoms with van der Waals surface area (Å²) in [6.07, 6.45) is 3.64. The quantitative estimate of drug-likeness (QED) is 0.827. The standard InChI is InChI=1S/C15H19N5O2/c1-9-6-17-20-13(9)18-12-3-5-16-4-2-11(12)14(20)19-7-10(8-19)15(21)22/h6,10,16H,2-5,7-8H2,1H3,(H,21,22). The van der Waals surface area contributed by atoms with Crippen molar-refractivity contribution in [3.05, 3.63) is 23.0 Å². The van der Waals surface area contributed by atoms with Gasteiger partial charge in [0, 0.05) is 37.2 Å². The second kappa shape index (κ2) is 4.95. The summed E-state index contributed by atoms with van der Waals surface area (Å²) in [5, 5.41) is 17.0. The van der Waals surface area contributed by atoms with Gasteiger partial charge in [0.05, 0.1) is 17.8 Å². The minimum atomic E-state index is -0.717. The van der Waals surface area contributed by atoms with Gasteiger partial charge in [-0.3, -0.25) is 4.79 Å². The maximum Gasteiger partial charge on any atom is 0.310 e. The lowest BCUT2D eigenvalue weighted by molar-refractivity contribution is -0.142. The molecule has 2 aromatic heterocycles. The number of anilines is 1. The zero-order chi connectivity index (χ0) is 15.3. The Morgan fingerprint density at radius 3 is 2.91 bits per heavy atom. The van der Waals surface area contributed by atoms with Gasteiger partial charge in [0.25, 0.3) is 0 Å². The molecule has 0 bridgehead atoms. The third-order valence-corrected chi connectivity index (χ3v) is 4.60. The van der Waals surface area contributed by atoms with Gasteiger partial charge in [0.1, 0.15) is 5.82 Å². The van der Waals surface area contributed by atoms with Gasteiger partial charge in [-0.25, -0.2) is 4.98 Å². The van der Waals surface area contributed by atoms with Crippen LogP contribution in [0.4, 0.5) is 5.82 Å². The molecule has 1 fully saturated rings. The monoisotopic (exact) mass is 301 g/mol. The highest BCUT2D eigenvalue weighted by molar-refractivity contribution is 5.75. The van der Waals surface area contributed by atoms with Gasteiger partial charge in [0.15, 0.2) is 5.65 Å². The molecule has 0 aliphatic carbocycles. The highest BCUT2D eigenvalue weighted by Gasteiger charge is 2.36. The van der Waals surface area contributed by atoms with E-state index >= 15 is 0 Å². The van der Waals surface area contributed by atoms with Crippen molar-refractivity contribution in [3.63, 3.8) is 0 Å². The van der Waals surface area contributed by atoms with Crippen LogP contribution in [0, 0.1) is 12.8 Å². The van der Waals surface area contributed by atoms with Crippen molar-refractivity contribution in [3.8, 4) is 0 Å². The van der Waals surface area contributed by atoms with Crippen molar-refractivity contribution < 1.29 is 9.90 Å². The fourth-order valence-electron chi connectivity index (χ4n) is 3.31. The Morgan fingerprint density at radius 1 is 1.36 bits per heavy atom. The van der Waals surface area contributed by atoms with E-state index in [1.807, 2.05) is 17.6 Å². The zero-order valence-electron chi connectivity index (χ0n) is 12.5. The van der Waals surface area contributed by atoms with E-state index in [0.717, 1.165) is 48.7 Å². The fraction of sp³-hybridized carbons (Fsp3) is 0.533. The first-order chi connectivity index (χ1) is 10.6. The highest BCUT2D eigenvalue weighted by atomic mass is 16.4. The molecular formula is C15H19N5O2. The van der Waals surface area contributed by atoms with E-state index in [2.05, 4.69) is 15.3 Å². The molecule has 2 aliphatic rings. The van der Waals surface area contributed by atoms with E-state index in [4.69, 9.17) is 10.1 Å². The lowest BCUT2D eigenvalue weighted by Crippen LogP contribution is -2.51. The number of nitrogens with one attached hydrogen (secondary N) is 1. The number of aromatic nitrogens is 3. The van der Waals surface area contributed by atoms with Crippen LogP contribution in [-0.2, 0) is 17.6 Å². The number of rotatable bonds is 2. The molecule has 0 aromatic carbocycles. The molecule has 0 saturated carbocycles. The smallest absolute Gasteiger partial charge is 0.310 e. The molecule has 0 amide bonds. The summed E-state index contributed by atoms with van der Waals surface area (Å²) < 4.78 is 1.89. The molecule has 0 unspecified atom stereocenters. The molecule has 0 spiro atoms. The number of hydrogen-bond acceptors (Lipinski definition) is 5. The van der Waals surface area contributed by atoms with Crippen LogP contribution in [0.25, 0.3) is 5.65 Å². The van der Waals surface area contributed by atoms with Crippen LogP contribution in [-0.4, -0.2) is 51.9 Å². The van der Waals surface area contributed by atoms with E-state index in [9.17, 15) is 4.79 Å². The predicted molar refractivity (Wildman–Crippen MR) is 81.3 cm³/mol. The number of aryl methyl sites for hydroxylation is 1. The Balaban J connectivity index is 1.84. The molecule has 4 rings (SSSR count). The Bertz CT molecular complexity index is 748. The van der Waals surface area contributed by atoms with Crippen LogP contribution in [0.15, 0.2) is 6.20 Å². The van der Waals surface area contributed by atoms with E-state index in [1.165, 1.54) is 5.56 Å². The van der Waals surface area contributed by atoms with Crippen LogP contribution < -0.4 is 10.2 Å². The first-order valence-corrected chi connectivity index (χ1v) is 7.69. The predicted octanol–water partition coefficient (Wildman–Crippen LogP) is 0.247. The lowest BCUT2D eigenvalue weighted by Gasteiger charge is -2.39. The molecule has 116 valence electrons.